The summed E-state index contributed by atoms with van der Waals surface area (Å²) in [5.41, 5.74) is 5.81. The number of benzene rings is 2. The molecule has 1 saturated heterocycles. The molecule has 0 amide bonds. The Labute approximate surface area is 246 Å². The number of pyridine rings is 1. The summed E-state index contributed by atoms with van der Waals surface area (Å²) >= 11 is 13.0. The molecular formula is C29H32ClN5O3S2. The number of ether oxygens (including phenoxy) is 1. The van der Waals surface area contributed by atoms with Gasteiger partial charge in [-0.3, -0.25) is 9.71 Å². The van der Waals surface area contributed by atoms with Crippen molar-refractivity contribution in [2.45, 2.75) is 38.4 Å². The highest BCUT2D eigenvalue weighted by atomic mass is 35.5. The lowest BCUT2D eigenvalue weighted by Crippen LogP contribution is -2.42. The largest absolute Gasteiger partial charge is 0.495 e. The third kappa shape index (κ3) is 5.11. The van der Waals surface area contributed by atoms with Crippen molar-refractivity contribution in [2.75, 3.05) is 34.9 Å². The van der Waals surface area contributed by atoms with Gasteiger partial charge >= 0.3 is 0 Å². The second-order valence-corrected chi connectivity index (χ2v) is 13.2. The Balaban J connectivity index is 1.70. The van der Waals surface area contributed by atoms with Crippen molar-refractivity contribution in [2.24, 2.45) is 0 Å². The van der Waals surface area contributed by atoms with Gasteiger partial charge in [0.15, 0.2) is 5.11 Å². The van der Waals surface area contributed by atoms with E-state index in [0.717, 1.165) is 34.3 Å². The van der Waals surface area contributed by atoms with Crippen molar-refractivity contribution in [3.8, 4) is 5.75 Å². The number of halogens is 1. The predicted molar refractivity (Wildman–Crippen MR) is 167 cm³/mol. The topological polar surface area (TPSA) is 86.8 Å². The van der Waals surface area contributed by atoms with E-state index in [9.17, 15) is 8.42 Å². The number of likely N-dealkylation sites (N-methyl/N-ethyl adjacent to an activating group) is 1. The number of rotatable bonds is 6. The number of nitrogens with zero attached hydrogens (tertiary/aromatic N) is 3. The molecular weight excluding hydrogens is 566 g/mol. The molecule has 0 radical (unpaired) electrons. The lowest BCUT2D eigenvalue weighted by atomic mass is 9.86. The SMILES string of the molecule is COc1ccc(N2C(=S)N[C@@H](c3ccccn3)[C@@H]2c2cc3c(cc2Cl)N(C)C(C)(C)C=C3C)cc1NS(C)(=O)=O. The molecule has 0 bridgehead atoms. The van der Waals surface area contributed by atoms with Crippen molar-refractivity contribution < 1.29 is 13.2 Å². The number of thiocarbonyl (C=S) groups is 1. The number of hydrogen-bond donors (Lipinski definition) is 2. The standard InChI is InChI=1S/C29H32ClN5O3S2/c1-17-16-29(2,3)34(4)24-15-21(30)20(14-19(17)24)27-26(22-9-7-8-12-31-22)32-28(39)35(27)18-10-11-25(38-5)23(13-18)33-40(6,36)37/h7-16,26-27,33H,1-6H3,(H,32,39)/t26-,27-/m0/s1. The van der Waals surface area contributed by atoms with Gasteiger partial charge in [0.25, 0.3) is 0 Å². The van der Waals surface area contributed by atoms with E-state index < -0.39 is 10.0 Å². The normalized spacial score (nSPS) is 20.1. The molecule has 2 N–H and O–H groups in total. The highest BCUT2D eigenvalue weighted by Gasteiger charge is 2.43. The number of sulfonamides is 1. The van der Waals surface area contributed by atoms with Crippen molar-refractivity contribution in [3.63, 3.8) is 0 Å². The lowest BCUT2D eigenvalue weighted by Gasteiger charge is -2.41. The molecule has 3 heterocycles. The van der Waals surface area contributed by atoms with Gasteiger partial charge in [0.05, 0.1) is 42.4 Å². The van der Waals surface area contributed by atoms with Crippen molar-refractivity contribution in [3.05, 3.63) is 82.6 Å². The predicted octanol–water partition coefficient (Wildman–Crippen LogP) is 5.92. The Hall–Kier alpha value is -3.34. The number of hydrogen-bond acceptors (Lipinski definition) is 6. The van der Waals surface area contributed by atoms with Crippen molar-refractivity contribution in [1.29, 1.82) is 0 Å². The Morgan fingerprint density at radius 1 is 1.18 bits per heavy atom. The van der Waals surface area contributed by atoms with E-state index in [-0.39, 0.29) is 17.6 Å². The summed E-state index contributed by atoms with van der Waals surface area (Å²) in [6.45, 7) is 6.46. The number of nitrogens with one attached hydrogen (secondary N) is 2. The lowest BCUT2D eigenvalue weighted by molar-refractivity contribution is 0.417. The Kier molecular flexibility index (Phi) is 7.22. The summed E-state index contributed by atoms with van der Waals surface area (Å²) < 4.78 is 32.2. The average molecular weight is 598 g/mol. The second-order valence-electron chi connectivity index (χ2n) is 10.7. The van der Waals surface area contributed by atoms with E-state index in [2.05, 4.69) is 59.9 Å². The molecule has 1 aromatic heterocycles. The molecule has 0 spiro atoms. The van der Waals surface area contributed by atoms with Crippen LogP contribution in [0.15, 0.2) is 60.8 Å². The van der Waals surface area contributed by atoms with E-state index in [1.165, 1.54) is 7.11 Å². The van der Waals surface area contributed by atoms with Gasteiger partial charge in [0.2, 0.25) is 10.0 Å². The highest BCUT2D eigenvalue weighted by molar-refractivity contribution is 7.92. The van der Waals surface area contributed by atoms with Gasteiger partial charge in [-0.05, 0) is 86.6 Å². The number of fused-ring (bicyclic) bond motifs is 1. The van der Waals surface area contributed by atoms with Crippen LogP contribution in [0.3, 0.4) is 0 Å². The Morgan fingerprint density at radius 3 is 2.58 bits per heavy atom. The average Bonchev–Trinajstić information content (AvgIpc) is 3.23. The van der Waals surface area contributed by atoms with Gasteiger partial charge in [-0.2, -0.15) is 0 Å². The number of methoxy groups -OCH3 is 1. The molecule has 11 heteroatoms. The molecule has 2 aliphatic heterocycles. The van der Waals surface area contributed by atoms with E-state index in [4.69, 9.17) is 28.6 Å². The fourth-order valence-electron chi connectivity index (χ4n) is 5.49. The van der Waals surface area contributed by atoms with Crippen LogP contribution in [0.5, 0.6) is 5.75 Å². The maximum absolute atomic E-state index is 12.1. The molecule has 5 rings (SSSR count). The van der Waals surface area contributed by atoms with Crippen LogP contribution in [-0.4, -0.2) is 44.5 Å². The smallest absolute Gasteiger partial charge is 0.229 e. The zero-order valence-electron chi connectivity index (χ0n) is 23.2. The van der Waals surface area contributed by atoms with Gasteiger partial charge < -0.3 is 19.9 Å². The number of aromatic nitrogens is 1. The van der Waals surface area contributed by atoms with Crippen LogP contribution in [0.1, 0.15) is 49.7 Å². The van der Waals surface area contributed by atoms with Gasteiger partial charge in [-0.25, -0.2) is 8.42 Å². The van der Waals surface area contributed by atoms with Gasteiger partial charge in [0.1, 0.15) is 5.75 Å². The third-order valence-corrected chi connectivity index (χ3v) is 8.74. The maximum atomic E-state index is 12.1. The van der Waals surface area contributed by atoms with Gasteiger partial charge in [-0.15, -0.1) is 0 Å². The third-order valence-electron chi connectivity index (χ3n) is 7.51. The monoisotopic (exact) mass is 597 g/mol. The molecule has 2 atom stereocenters. The molecule has 40 heavy (non-hydrogen) atoms. The van der Waals surface area contributed by atoms with Crippen LogP contribution in [0, 0.1) is 0 Å². The van der Waals surface area contributed by atoms with Gasteiger partial charge in [0, 0.05) is 35.2 Å². The zero-order chi connectivity index (χ0) is 29.0. The molecule has 0 saturated carbocycles. The summed E-state index contributed by atoms with van der Waals surface area (Å²) in [7, 11) is 0.00171. The summed E-state index contributed by atoms with van der Waals surface area (Å²) in [6, 6.07) is 14.5. The molecule has 1 fully saturated rings. The Bertz CT molecular complexity index is 1630. The first kappa shape index (κ1) is 28.2. The summed E-state index contributed by atoms with van der Waals surface area (Å²) in [6.07, 6.45) is 5.10. The van der Waals surface area contributed by atoms with Gasteiger partial charge in [-0.1, -0.05) is 23.7 Å². The minimum absolute atomic E-state index is 0.160. The first-order valence-corrected chi connectivity index (χ1v) is 15.4. The molecule has 3 aromatic rings. The van der Waals surface area contributed by atoms with Crippen LogP contribution in [-0.2, 0) is 10.0 Å². The maximum Gasteiger partial charge on any atom is 0.229 e. The van der Waals surface area contributed by atoms with E-state index in [1.807, 2.05) is 35.2 Å². The minimum atomic E-state index is -3.56. The van der Waals surface area contributed by atoms with E-state index >= 15 is 0 Å². The molecule has 210 valence electrons. The summed E-state index contributed by atoms with van der Waals surface area (Å²) in [5.74, 6) is 0.392. The second kappa shape index (κ2) is 10.2. The fourth-order valence-corrected chi connectivity index (χ4v) is 6.66. The molecule has 8 nitrogen and oxygen atoms in total. The summed E-state index contributed by atoms with van der Waals surface area (Å²) in [5, 5.41) is 4.51. The highest BCUT2D eigenvalue weighted by Crippen LogP contribution is 2.48. The Morgan fingerprint density at radius 2 is 1.93 bits per heavy atom. The zero-order valence-corrected chi connectivity index (χ0v) is 25.6. The van der Waals surface area contributed by atoms with E-state index in [1.54, 1.807) is 18.3 Å². The summed E-state index contributed by atoms with van der Waals surface area (Å²) in [4.78, 5) is 8.82. The number of allylic oxidation sites excluding steroid dienone is 1. The van der Waals surface area contributed by atoms with E-state index in [0.29, 0.717) is 27.3 Å². The molecule has 2 aromatic carbocycles. The van der Waals surface area contributed by atoms with Crippen LogP contribution >= 0.6 is 23.8 Å². The molecule has 0 unspecified atom stereocenters. The fraction of sp³-hybridized carbons (Fsp3) is 0.310. The quantitative estimate of drug-likeness (QED) is 0.339. The molecule has 0 aliphatic carbocycles. The van der Waals surface area contributed by atoms with Crippen molar-refractivity contribution >= 4 is 61.6 Å². The first-order valence-electron chi connectivity index (χ1n) is 12.7. The van der Waals surface area contributed by atoms with Crippen LogP contribution in [0.4, 0.5) is 17.1 Å². The van der Waals surface area contributed by atoms with Crippen molar-refractivity contribution in [1.82, 2.24) is 10.3 Å². The van der Waals surface area contributed by atoms with Crippen LogP contribution in [0.2, 0.25) is 5.02 Å². The number of anilines is 3. The molecule has 2 aliphatic rings. The minimum Gasteiger partial charge on any atom is -0.495 e. The van der Waals surface area contributed by atoms with Crippen LogP contribution in [0.25, 0.3) is 5.57 Å². The van der Waals surface area contributed by atoms with Crippen LogP contribution < -0.4 is 24.6 Å². The first-order chi connectivity index (χ1) is 18.8.